The summed E-state index contributed by atoms with van der Waals surface area (Å²) in [5.41, 5.74) is 6.14. The number of hydrogen-bond acceptors (Lipinski definition) is 4. The van der Waals surface area contributed by atoms with Crippen molar-refractivity contribution < 1.29 is 14.3 Å². The number of hydrogen-bond donors (Lipinski definition) is 2. The first-order valence-electron chi connectivity index (χ1n) is 5.82. The highest BCUT2D eigenvalue weighted by molar-refractivity contribution is 5.91. The molecule has 1 aromatic carbocycles. The van der Waals surface area contributed by atoms with Gasteiger partial charge < -0.3 is 20.5 Å². The SMILES string of the molecule is COc1cc(NC(=O)CC(C)CN)cc(OC)c1. The third-order valence-corrected chi connectivity index (χ3v) is 2.57. The minimum absolute atomic E-state index is 0.0664. The fourth-order valence-electron chi connectivity index (χ4n) is 1.49. The lowest BCUT2D eigenvalue weighted by Crippen LogP contribution is -2.20. The summed E-state index contributed by atoms with van der Waals surface area (Å²) in [7, 11) is 3.13. The molecule has 0 radical (unpaired) electrons. The molecule has 0 spiro atoms. The number of ether oxygens (including phenoxy) is 2. The van der Waals surface area contributed by atoms with E-state index in [9.17, 15) is 4.79 Å². The van der Waals surface area contributed by atoms with Crippen LogP contribution >= 0.6 is 0 Å². The van der Waals surface area contributed by atoms with Gasteiger partial charge in [-0.25, -0.2) is 0 Å². The average molecular weight is 252 g/mol. The van der Waals surface area contributed by atoms with Crippen LogP contribution in [0.3, 0.4) is 0 Å². The summed E-state index contributed by atoms with van der Waals surface area (Å²) in [4.78, 5) is 11.7. The fraction of sp³-hybridized carbons (Fsp3) is 0.462. The molecule has 0 fully saturated rings. The van der Waals surface area contributed by atoms with Gasteiger partial charge >= 0.3 is 0 Å². The van der Waals surface area contributed by atoms with E-state index in [1.165, 1.54) is 0 Å². The van der Waals surface area contributed by atoms with Gasteiger partial charge in [0.15, 0.2) is 0 Å². The number of anilines is 1. The predicted octanol–water partition coefficient (Wildman–Crippen LogP) is 1.63. The molecule has 1 unspecified atom stereocenters. The van der Waals surface area contributed by atoms with E-state index < -0.39 is 0 Å². The van der Waals surface area contributed by atoms with Crippen LogP contribution in [0.15, 0.2) is 18.2 Å². The average Bonchev–Trinajstić information content (AvgIpc) is 2.37. The molecule has 0 bridgehead atoms. The molecule has 1 rings (SSSR count). The molecule has 1 amide bonds. The van der Waals surface area contributed by atoms with Gasteiger partial charge in [0.2, 0.25) is 5.91 Å². The van der Waals surface area contributed by atoms with Gasteiger partial charge in [-0.15, -0.1) is 0 Å². The van der Waals surface area contributed by atoms with Crippen molar-refractivity contribution in [3.05, 3.63) is 18.2 Å². The Labute approximate surface area is 107 Å². The molecular weight excluding hydrogens is 232 g/mol. The number of benzene rings is 1. The van der Waals surface area contributed by atoms with Crippen LogP contribution in [-0.2, 0) is 4.79 Å². The highest BCUT2D eigenvalue weighted by Crippen LogP contribution is 2.25. The Balaban J connectivity index is 2.74. The van der Waals surface area contributed by atoms with Crippen LogP contribution in [0.5, 0.6) is 11.5 Å². The van der Waals surface area contributed by atoms with Crippen molar-refractivity contribution in [3.63, 3.8) is 0 Å². The molecule has 0 aliphatic heterocycles. The maximum absolute atomic E-state index is 11.7. The molecule has 5 heteroatoms. The minimum atomic E-state index is -0.0664. The Morgan fingerprint density at radius 2 is 1.83 bits per heavy atom. The second kappa shape index (κ2) is 6.86. The number of carbonyl (C=O) groups is 1. The summed E-state index contributed by atoms with van der Waals surface area (Å²) in [6.45, 7) is 2.43. The standard InChI is InChI=1S/C13H20N2O3/c1-9(8-14)4-13(16)15-10-5-11(17-2)7-12(6-10)18-3/h5-7,9H,4,8,14H2,1-3H3,(H,15,16). The summed E-state index contributed by atoms with van der Waals surface area (Å²) < 4.78 is 10.3. The largest absolute Gasteiger partial charge is 0.497 e. The number of carbonyl (C=O) groups excluding carboxylic acids is 1. The van der Waals surface area contributed by atoms with E-state index in [1.807, 2.05) is 6.92 Å². The summed E-state index contributed by atoms with van der Waals surface area (Å²) in [6.07, 6.45) is 0.399. The molecule has 18 heavy (non-hydrogen) atoms. The van der Waals surface area contributed by atoms with E-state index >= 15 is 0 Å². The molecule has 1 atom stereocenters. The maximum atomic E-state index is 11.7. The Bertz CT molecular complexity index is 385. The van der Waals surface area contributed by atoms with Crippen LogP contribution in [0, 0.1) is 5.92 Å². The number of amides is 1. The number of methoxy groups -OCH3 is 2. The number of nitrogens with two attached hydrogens (primary N) is 1. The van der Waals surface area contributed by atoms with E-state index in [2.05, 4.69) is 5.32 Å². The lowest BCUT2D eigenvalue weighted by atomic mass is 10.1. The molecule has 0 aliphatic rings. The van der Waals surface area contributed by atoms with Crippen LogP contribution in [0.2, 0.25) is 0 Å². The first-order chi connectivity index (χ1) is 8.58. The topological polar surface area (TPSA) is 73.6 Å². The van der Waals surface area contributed by atoms with Gasteiger partial charge in [-0.3, -0.25) is 4.79 Å². The lowest BCUT2D eigenvalue weighted by Gasteiger charge is -2.11. The van der Waals surface area contributed by atoms with Gasteiger partial charge in [-0.05, 0) is 12.5 Å². The molecule has 0 aromatic heterocycles. The number of rotatable bonds is 6. The first-order valence-corrected chi connectivity index (χ1v) is 5.82. The highest BCUT2D eigenvalue weighted by atomic mass is 16.5. The zero-order valence-corrected chi connectivity index (χ0v) is 11.0. The van der Waals surface area contributed by atoms with Crippen molar-refractivity contribution in [3.8, 4) is 11.5 Å². The van der Waals surface area contributed by atoms with Crippen molar-refractivity contribution >= 4 is 11.6 Å². The second-order valence-corrected chi connectivity index (χ2v) is 4.19. The van der Waals surface area contributed by atoms with E-state index in [4.69, 9.17) is 15.2 Å². The second-order valence-electron chi connectivity index (χ2n) is 4.19. The highest BCUT2D eigenvalue weighted by Gasteiger charge is 2.09. The van der Waals surface area contributed by atoms with Crippen LogP contribution in [0.25, 0.3) is 0 Å². The smallest absolute Gasteiger partial charge is 0.224 e. The molecule has 3 N–H and O–H groups in total. The molecule has 0 saturated carbocycles. The predicted molar refractivity (Wildman–Crippen MR) is 71.0 cm³/mol. The van der Waals surface area contributed by atoms with Crippen LogP contribution in [0.4, 0.5) is 5.69 Å². The molecule has 100 valence electrons. The monoisotopic (exact) mass is 252 g/mol. The van der Waals surface area contributed by atoms with Crippen molar-refractivity contribution in [2.45, 2.75) is 13.3 Å². The Morgan fingerprint density at radius 1 is 1.28 bits per heavy atom. The van der Waals surface area contributed by atoms with Crippen molar-refractivity contribution in [1.29, 1.82) is 0 Å². The quantitative estimate of drug-likeness (QED) is 0.807. The van der Waals surface area contributed by atoms with E-state index in [-0.39, 0.29) is 11.8 Å². The minimum Gasteiger partial charge on any atom is -0.497 e. The number of nitrogens with one attached hydrogen (secondary N) is 1. The molecule has 0 aliphatic carbocycles. The summed E-state index contributed by atoms with van der Waals surface area (Å²) in [5.74, 6) is 1.37. The van der Waals surface area contributed by atoms with Gasteiger partial charge in [0, 0.05) is 30.3 Å². The summed E-state index contributed by atoms with van der Waals surface area (Å²) in [6, 6.07) is 5.24. The third kappa shape index (κ3) is 4.25. The Hall–Kier alpha value is -1.75. The fourth-order valence-corrected chi connectivity index (χ4v) is 1.49. The van der Waals surface area contributed by atoms with Crippen LogP contribution in [0.1, 0.15) is 13.3 Å². The van der Waals surface area contributed by atoms with E-state index in [0.717, 1.165) is 0 Å². The van der Waals surface area contributed by atoms with Crippen molar-refractivity contribution in [1.82, 2.24) is 0 Å². The Kier molecular flexibility index (Phi) is 5.45. The zero-order chi connectivity index (χ0) is 13.5. The van der Waals surface area contributed by atoms with E-state index in [1.54, 1.807) is 32.4 Å². The molecule has 1 aromatic rings. The Morgan fingerprint density at radius 3 is 2.28 bits per heavy atom. The van der Waals surface area contributed by atoms with E-state index in [0.29, 0.717) is 30.2 Å². The van der Waals surface area contributed by atoms with Crippen molar-refractivity contribution in [2.24, 2.45) is 11.7 Å². The molecule has 0 heterocycles. The lowest BCUT2D eigenvalue weighted by molar-refractivity contribution is -0.116. The van der Waals surface area contributed by atoms with Gasteiger partial charge in [0.1, 0.15) is 11.5 Å². The van der Waals surface area contributed by atoms with Gasteiger partial charge in [0.25, 0.3) is 0 Å². The van der Waals surface area contributed by atoms with Gasteiger partial charge in [-0.1, -0.05) is 6.92 Å². The van der Waals surface area contributed by atoms with Crippen LogP contribution < -0.4 is 20.5 Å². The molecule has 0 saturated heterocycles. The summed E-state index contributed by atoms with van der Waals surface area (Å²) in [5, 5.41) is 2.80. The third-order valence-electron chi connectivity index (χ3n) is 2.57. The first kappa shape index (κ1) is 14.3. The zero-order valence-electron chi connectivity index (χ0n) is 11.0. The normalized spacial score (nSPS) is 11.8. The molecule has 5 nitrogen and oxygen atoms in total. The summed E-state index contributed by atoms with van der Waals surface area (Å²) >= 11 is 0. The molecular formula is C13H20N2O3. The van der Waals surface area contributed by atoms with Crippen molar-refractivity contribution in [2.75, 3.05) is 26.1 Å². The van der Waals surface area contributed by atoms with Gasteiger partial charge in [0.05, 0.1) is 14.2 Å². The van der Waals surface area contributed by atoms with Gasteiger partial charge in [-0.2, -0.15) is 0 Å². The van der Waals surface area contributed by atoms with Crippen LogP contribution in [-0.4, -0.2) is 26.7 Å². The maximum Gasteiger partial charge on any atom is 0.224 e.